The van der Waals surface area contributed by atoms with Gasteiger partial charge in [-0.3, -0.25) is 5.43 Å². The minimum atomic E-state index is 0.106. The molecular weight excluding hydrogens is 322 g/mol. The fraction of sp³-hybridized carbons (Fsp3) is 0.222. The standard InChI is InChI=1S/C18H21N3O2S/c1-4-23-17-10-14(6-8-16(17)22)11-19-21-18(24)20-15-7-5-12(2)9-13(15)3/h5-11,22H,4H2,1-3H3,(H2,20,21,24)/b19-11+. The maximum absolute atomic E-state index is 9.67. The van der Waals surface area contributed by atoms with E-state index in [2.05, 4.69) is 21.9 Å². The van der Waals surface area contributed by atoms with Gasteiger partial charge in [-0.15, -0.1) is 0 Å². The SMILES string of the molecule is CCOc1cc(/C=N/NC(=S)Nc2ccc(C)cc2C)ccc1O. The van der Waals surface area contributed by atoms with Crippen LogP contribution in [0.4, 0.5) is 5.69 Å². The topological polar surface area (TPSA) is 65.9 Å². The number of ether oxygens (including phenoxy) is 1. The smallest absolute Gasteiger partial charge is 0.191 e. The predicted molar refractivity (Wildman–Crippen MR) is 102 cm³/mol. The van der Waals surface area contributed by atoms with E-state index in [1.807, 2.05) is 32.9 Å². The third kappa shape index (κ3) is 4.96. The Morgan fingerprint density at radius 3 is 2.75 bits per heavy atom. The van der Waals surface area contributed by atoms with Crippen LogP contribution in [0.25, 0.3) is 0 Å². The molecular formula is C18H21N3O2S. The fourth-order valence-electron chi connectivity index (χ4n) is 2.15. The van der Waals surface area contributed by atoms with Crippen molar-refractivity contribution in [3.8, 4) is 11.5 Å². The summed E-state index contributed by atoms with van der Waals surface area (Å²) in [5.41, 5.74) is 6.82. The zero-order chi connectivity index (χ0) is 17.5. The molecule has 5 nitrogen and oxygen atoms in total. The van der Waals surface area contributed by atoms with Crippen LogP contribution in [0.1, 0.15) is 23.6 Å². The highest BCUT2D eigenvalue weighted by atomic mass is 32.1. The number of hydrogen-bond acceptors (Lipinski definition) is 4. The first-order chi connectivity index (χ1) is 11.5. The van der Waals surface area contributed by atoms with Crippen molar-refractivity contribution in [3.63, 3.8) is 0 Å². The van der Waals surface area contributed by atoms with Gasteiger partial charge in [0.25, 0.3) is 0 Å². The fourth-order valence-corrected chi connectivity index (χ4v) is 2.31. The molecule has 3 N–H and O–H groups in total. The molecule has 0 radical (unpaired) electrons. The average Bonchev–Trinajstić information content (AvgIpc) is 2.53. The Balaban J connectivity index is 1.96. The first kappa shape index (κ1) is 17.7. The van der Waals surface area contributed by atoms with Gasteiger partial charge in [0.2, 0.25) is 0 Å². The quantitative estimate of drug-likeness (QED) is 0.439. The predicted octanol–water partition coefficient (Wildman–Crippen LogP) is 3.73. The zero-order valence-corrected chi connectivity index (χ0v) is 14.8. The van der Waals surface area contributed by atoms with Gasteiger partial charge < -0.3 is 15.2 Å². The Kier molecular flexibility index (Phi) is 6.14. The van der Waals surface area contributed by atoms with Crippen LogP contribution >= 0.6 is 12.2 Å². The second-order valence-corrected chi connectivity index (χ2v) is 5.71. The molecule has 0 unspecified atom stereocenters. The highest BCUT2D eigenvalue weighted by Crippen LogP contribution is 2.26. The van der Waals surface area contributed by atoms with Gasteiger partial charge in [0, 0.05) is 5.69 Å². The largest absolute Gasteiger partial charge is 0.504 e. The molecule has 24 heavy (non-hydrogen) atoms. The third-order valence-electron chi connectivity index (χ3n) is 3.29. The number of phenols is 1. The molecule has 0 atom stereocenters. The lowest BCUT2D eigenvalue weighted by Crippen LogP contribution is -2.24. The maximum Gasteiger partial charge on any atom is 0.191 e. The number of phenolic OH excluding ortho intramolecular Hbond substituents is 1. The Hall–Kier alpha value is -2.60. The van der Waals surface area contributed by atoms with Crippen LogP contribution < -0.4 is 15.5 Å². The van der Waals surface area contributed by atoms with Gasteiger partial charge in [-0.05, 0) is 68.4 Å². The molecule has 0 aliphatic rings. The van der Waals surface area contributed by atoms with Gasteiger partial charge in [-0.2, -0.15) is 5.10 Å². The monoisotopic (exact) mass is 343 g/mol. The summed E-state index contributed by atoms with van der Waals surface area (Å²) in [7, 11) is 0. The van der Waals surface area contributed by atoms with Gasteiger partial charge >= 0.3 is 0 Å². The molecule has 0 fully saturated rings. The molecule has 0 bridgehead atoms. The number of aryl methyl sites for hydroxylation is 2. The highest BCUT2D eigenvalue weighted by Gasteiger charge is 2.03. The van der Waals surface area contributed by atoms with Gasteiger partial charge in [-0.25, -0.2) is 0 Å². The Bertz CT molecular complexity index is 760. The summed E-state index contributed by atoms with van der Waals surface area (Å²) in [6, 6.07) is 11.1. The number of anilines is 1. The van der Waals surface area contributed by atoms with Crippen molar-refractivity contribution < 1.29 is 9.84 Å². The van der Waals surface area contributed by atoms with E-state index in [-0.39, 0.29) is 5.75 Å². The van der Waals surface area contributed by atoms with Crippen LogP contribution in [0.5, 0.6) is 11.5 Å². The second kappa shape index (κ2) is 8.31. The highest BCUT2D eigenvalue weighted by molar-refractivity contribution is 7.80. The summed E-state index contributed by atoms with van der Waals surface area (Å²) >= 11 is 5.23. The molecule has 6 heteroatoms. The number of hydrogen-bond donors (Lipinski definition) is 3. The van der Waals surface area contributed by atoms with Gasteiger partial charge in [0.1, 0.15) is 0 Å². The molecule has 0 aromatic heterocycles. The maximum atomic E-state index is 9.67. The van der Waals surface area contributed by atoms with Crippen molar-refractivity contribution in [2.24, 2.45) is 5.10 Å². The summed E-state index contributed by atoms with van der Waals surface area (Å²) in [6.07, 6.45) is 1.61. The van der Waals surface area contributed by atoms with Crippen LogP contribution in [-0.4, -0.2) is 23.0 Å². The second-order valence-electron chi connectivity index (χ2n) is 5.30. The lowest BCUT2D eigenvalue weighted by molar-refractivity contribution is 0.318. The van der Waals surface area contributed by atoms with Crippen molar-refractivity contribution in [2.45, 2.75) is 20.8 Å². The summed E-state index contributed by atoms with van der Waals surface area (Å²) in [4.78, 5) is 0. The van der Waals surface area contributed by atoms with E-state index in [1.54, 1.807) is 24.4 Å². The first-order valence-corrected chi connectivity index (χ1v) is 8.03. The van der Waals surface area contributed by atoms with E-state index in [0.717, 1.165) is 16.8 Å². The van der Waals surface area contributed by atoms with E-state index in [0.29, 0.717) is 17.5 Å². The summed E-state index contributed by atoms with van der Waals surface area (Å²) < 4.78 is 5.34. The number of thiocarbonyl (C=S) groups is 1. The number of benzene rings is 2. The number of nitrogens with zero attached hydrogens (tertiary/aromatic N) is 1. The molecule has 2 aromatic carbocycles. The van der Waals surface area contributed by atoms with E-state index in [9.17, 15) is 5.11 Å². The molecule has 0 amide bonds. The lowest BCUT2D eigenvalue weighted by atomic mass is 10.1. The van der Waals surface area contributed by atoms with Crippen LogP contribution in [-0.2, 0) is 0 Å². The van der Waals surface area contributed by atoms with E-state index < -0.39 is 0 Å². The zero-order valence-electron chi connectivity index (χ0n) is 14.0. The number of aromatic hydroxyl groups is 1. The Morgan fingerprint density at radius 2 is 2.04 bits per heavy atom. The van der Waals surface area contributed by atoms with Crippen LogP contribution in [0.15, 0.2) is 41.5 Å². The number of rotatable bonds is 5. The lowest BCUT2D eigenvalue weighted by Gasteiger charge is -2.10. The normalized spacial score (nSPS) is 10.6. The van der Waals surface area contributed by atoms with Crippen molar-refractivity contribution in [1.82, 2.24) is 5.43 Å². The molecule has 0 saturated heterocycles. The van der Waals surface area contributed by atoms with Gasteiger partial charge in [-0.1, -0.05) is 17.7 Å². The van der Waals surface area contributed by atoms with Crippen LogP contribution in [0.3, 0.4) is 0 Å². The molecule has 2 aromatic rings. The summed E-state index contributed by atoms with van der Waals surface area (Å²) in [6.45, 7) is 6.41. The van der Waals surface area contributed by atoms with Crippen LogP contribution in [0, 0.1) is 13.8 Å². The number of hydrazone groups is 1. The molecule has 2 rings (SSSR count). The van der Waals surface area contributed by atoms with Crippen LogP contribution in [0.2, 0.25) is 0 Å². The minimum Gasteiger partial charge on any atom is -0.504 e. The molecule has 0 spiro atoms. The van der Waals surface area contributed by atoms with E-state index in [4.69, 9.17) is 17.0 Å². The van der Waals surface area contributed by atoms with E-state index in [1.165, 1.54) is 5.56 Å². The van der Waals surface area contributed by atoms with Crippen molar-refractivity contribution in [1.29, 1.82) is 0 Å². The molecule has 126 valence electrons. The summed E-state index contributed by atoms with van der Waals surface area (Å²) in [5, 5.41) is 17.3. The summed E-state index contributed by atoms with van der Waals surface area (Å²) in [5.74, 6) is 0.534. The number of nitrogens with one attached hydrogen (secondary N) is 2. The average molecular weight is 343 g/mol. The minimum absolute atomic E-state index is 0.106. The first-order valence-electron chi connectivity index (χ1n) is 7.62. The van der Waals surface area contributed by atoms with Crippen molar-refractivity contribution >= 4 is 29.2 Å². The van der Waals surface area contributed by atoms with Crippen molar-refractivity contribution in [3.05, 3.63) is 53.1 Å². The molecule has 0 aliphatic carbocycles. The molecule has 0 aliphatic heterocycles. The molecule has 0 saturated carbocycles. The van der Waals surface area contributed by atoms with E-state index >= 15 is 0 Å². The Labute approximate surface area is 147 Å². The van der Waals surface area contributed by atoms with Gasteiger partial charge in [0.15, 0.2) is 16.6 Å². The Morgan fingerprint density at radius 1 is 1.25 bits per heavy atom. The molecule has 0 heterocycles. The van der Waals surface area contributed by atoms with Crippen molar-refractivity contribution in [2.75, 3.05) is 11.9 Å². The third-order valence-corrected chi connectivity index (χ3v) is 3.49. The van der Waals surface area contributed by atoms with Gasteiger partial charge in [0.05, 0.1) is 12.8 Å².